The number of primary amides is 1. The van der Waals surface area contributed by atoms with Crippen molar-refractivity contribution in [2.24, 2.45) is 5.73 Å². The summed E-state index contributed by atoms with van der Waals surface area (Å²) in [4.78, 5) is 36.9. The molecule has 2 saturated heterocycles. The van der Waals surface area contributed by atoms with Crippen LogP contribution in [-0.2, 0) is 9.59 Å². The highest BCUT2D eigenvalue weighted by Gasteiger charge is 2.62. The Hall–Kier alpha value is -1.83. The number of β-lactam (4-membered cyclic amide) rings is 1. The fourth-order valence-electron chi connectivity index (χ4n) is 3.02. The number of hydrogen-bond acceptors (Lipinski definition) is 4. The average Bonchev–Trinajstić information content (AvgIpc) is 2.74. The molecule has 3 amide bonds. The van der Waals surface area contributed by atoms with E-state index in [1.165, 1.54) is 6.92 Å². The predicted molar refractivity (Wildman–Crippen MR) is 63.1 cm³/mol. The van der Waals surface area contributed by atoms with Crippen LogP contribution in [0.15, 0.2) is 0 Å². The predicted octanol–water partition coefficient (Wildman–Crippen LogP) is -1.42. The second kappa shape index (κ2) is 4.37. The number of amides is 3. The van der Waals surface area contributed by atoms with Gasteiger partial charge in [-0.25, -0.2) is 4.79 Å². The van der Waals surface area contributed by atoms with E-state index >= 15 is 0 Å². The van der Waals surface area contributed by atoms with Crippen molar-refractivity contribution in [3.05, 3.63) is 0 Å². The van der Waals surface area contributed by atoms with Crippen molar-refractivity contribution < 1.29 is 24.6 Å². The quantitative estimate of drug-likeness (QED) is 0.543. The third-order valence-electron chi connectivity index (χ3n) is 3.89. The molecule has 0 saturated carbocycles. The molecular weight excluding hydrogens is 254 g/mol. The van der Waals surface area contributed by atoms with Crippen LogP contribution >= 0.6 is 0 Å². The first-order chi connectivity index (χ1) is 8.81. The molecule has 2 aliphatic rings. The third kappa shape index (κ3) is 1.83. The van der Waals surface area contributed by atoms with Gasteiger partial charge in [-0.1, -0.05) is 0 Å². The number of aliphatic hydroxyl groups excluding tert-OH is 1. The molecule has 3 atom stereocenters. The highest BCUT2D eigenvalue weighted by molar-refractivity contribution is 5.99. The van der Waals surface area contributed by atoms with E-state index in [0.29, 0.717) is 19.4 Å². The van der Waals surface area contributed by atoms with Crippen LogP contribution in [0.2, 0.25) is 0 Å². The van der Waals surface area contributed by atoms with Crippen LogP contribution in [0.5, 0.6) is 0 Å². The number of aliphatic hydroxyl groups is 1. The van der Waals surface area contributed by atoms with E-state index in [2.05, 4.69) is 0 Å². The van der Waals surface area contributed by atoms with Crippen molar-refractivity contribution in [2.45, 2.75) is 37.5 Å². The Labute approximate surface area is 109 Å². The molecule has 2 aliphatic heterocycles. The molecule has 8 heteroatoms. The molecule has 0 aromatic carbocycles. The van der Waals surface area contributed by atoms with Gasteiger partial charge in [-0.2, -0.15) is 0 Å². The lowest BCUT2D eigenvalue weighted by Gasteiger charge is -2.52. The lowest BCUT2D eigenvalue weighted by atomic mass is 9.83. The van der Waals surface area contributed by atoms with Crippen molar-refractivity contribution in [3.63, 3.8) is 0 Å². The summed E-state index contributed by atoms with van der Waals surface area (Å²) in [5.41, 5.74) is 4.11. The number of carbonyl (C=O) groups is 3. The summed E-state index contributed by atoms with van der Waals surface area (Å²) >= 11 is 0. The number of likely N-dealkylation sites (tertiary alicyclic amines) is 2. The van der Waals surface area contributed by atoms with Gasteiger partial charge in [0.2, 0.25) is 5.91 Å². The number of rotatable bonds is 3. The molecule has 0 bridgehead atoms. The minimum Gasteiger partial charge on any atom is -0.465 e. The van der Waals surface area contributed by atoms with Crippen LogP contribution in [0.25, 0.3) is 0 Å². The van der Waals surface area contributed by atoms with Gasteiger partial charge in [-0.3, -0.25) is 14.5 Å². The maximum atomic E-state index is 12.3. The molecule has 0 aromatic rings. The fraction of sp³-hybridized carbons (Fsp3) is 0.727. The molecular formula is C11H17N3O5. The second-order valence-corrected chi connectivity index (χ2v) is 5.09. The Kier molecular flexibility index (Phi) is 3.13. The first kappa shape index (κ1) is 13.6. The van der Waals surface area contributed by atoms with Crippen molar-refractivity contribution in [2.75, 3.05) is 13.1 Å². The Balaban J connectivity index is 2.19. The van der Waals surface area contributed by atoms with Crippen molar-refractivity contribution in [3.8, 4) is 0 Å². The summed E-state index contributed by atoms with van der Waals surface area (Å²) in [5, 5.41) is 18.6. The maximum Gasteiger partial charge on any atom is 0.408 e. The van der Waals surface area contributed by atoms with Crippen LogP contribution in [0.3, 0.4) is 0 Å². The lowest BCUT2D eigenvalue weighted by molar-refractivity contribution is -0.170. The standard InChI is InChI=1S/C11H17N3O5/c1-6(15)7(8(12)16)13-5-11(9(13)17)3-2-4-14(11)10(18)19/h6-7,15H,2-5H2,1H3,(H2,12,16)(H,18,19)/t6-,7+,11+/m1/s1. The van der Waals surface area contributed by atoms with Gasteiger partial charge >= 0.3 is 6.09 Å². The number of carbonyl (C=O) groups excluding carboxylic acids is 2. The van der Waals surface area contributed by atoms with Crippen LogP contribution in [0.1, 0.15) is 19.8 Å². The van der Waals surface area contributed by atoms with E-state index < -0.39 is 35.6 Å². The smallest absolute Gasteiger partial charge is 0.408 e. The van der Waals surface area contributed by atoms with Gasteiger partial charge < -0.3 is 20.8 Å². The molecule has 0 radical (unpaired) electrons. The van der Waals surface area contributed by atoms with Gasteiger partial charge in [0.15, 0.2) is 0 Å². The molecule has 19 heavy (non-hydrogen) atoms. The normalized spacial score (nSPS) is 29.3. The number of carboxylic acid groups (broad SMARTS) is 1. The highest BCUT2D eigenvalue weighted by Crippen LogP contribution is 2.40. The molecule has 0 aromatic heterocycles. The van der Waals surface area contributed by atoms with Gasteiger partial charge in [0.25, 0.3) is 5.91 Å². The van der Waals surface area contributed by atoms with E-state index in [9.17, 15) is 19.5 Å². The SMILES string of the molecule is C[C@@H](O)[C@@H](C(N)=O)N1C[C@@]2(CCCN2C(=O)O)C1=O. The summed E-state index contributed by atoms with van der Waals surface area (Å²) < 4.78 is 0. The third-order valence-corrected chi connectivity index (χ3v) is 3.89. The molecule has 2 heterocycles. The fourth-order valence-corrected chi connectivity index (χ4v) is 3.02. The summed E-state index contributed by atoms with van der Waals surface area (Å²) in [5.74, 6) is -1.24. The van der Waals surface area contributed by atoms with E-state index in [0.717, 1.165) is 9.80 Å². The molecule has 2 rings (SSSR count). The Morgan fingerprint density at radius 3 is 2.53 bits per heavy atom. The molecule has 106 valence electrons. The zero-order valence-electron chi connectivity index (χ0n) is 10.6. The molecule has 4 N–H and O–H groups in total. The van der Waals surface area contributed by atoms with Crippen molar-refractivity contribution in [1.82, 2.24) is 9.80 Å². The number of hydrogen-bond donors (Lipinski definition) is 3. The summed E-state index contributed by atoms with van der Waals surface area (Å²) in [6.07, 6.45) is -1.17. The van der Waals surface area contributed by atoms with E-state index in [1.54, 1.807) is 0 Å². The van der Waals surface area contributed by atoms with Crippen LogP contribution in [0, 0.1) is 0 Å². The lowest BCUT2D eigenvalue weighted by Crippen LogP contribution is -2.76. The van der Waals surface area contributed by atoms with Crippen LogP contribution < -0.4 is 5.73 Å². The molecule has 0 unspecified atom stereocenters. The minimum atomic E-state index is -1.14. The van der Waals surface area contributed by atoms with Crippen molar-refractivity contribution in [1.29, 1.82) is 0 Å². The zero-order valence-corrected chi connectivity index (χ0v) is 10.6. The van der Waals surface area contributed by atoms with E-state index in [4.69, 9.17) is 10.8 Å². The largest absolute Gasteiger partial charge is 0.465 e. The van der Waals surface area contributed by atoms with E-state index in [-0.39, 0.29) is 6.54 Å². The van der Waals surface area contributed by atoms with Gasteiger partial charge in [0.1, 0.15) is 11.6 Å². The van der Waals surface area contributed by atoms with Crippen LogP contribution in [0.4, 0.5) is 4.79 Å². The van der Waals surface area contributed by atoms with Gasteiger partial charge in [0.05, 0.1) is 12.6 Å². The maximum absolute atomic E-state index is 12.3. The van der Waals surface area contributed by atoms with Crippen LogP contribution in [-0.4, -0.2) is 68.7 Å². The summed E-state index contributed by atoms with van der Waals surface area (Å²) in [7, 11) is 0. The highest BCUT2D eigenvalue weighted by atomic mass is 16.4. The minimum absolute atomic E-state index is 0.108. The van der Waals surface area contributed by atoms with Gasteiger partial charge in [0, 0.05) is 6.54 Å². The van der Waals surface area contributed by atoms with Gasteiger partial charge in [-0.05, 0) is 19.8 Å². The Bertz CT molecular complexity index is 438. The first-order valence-electron chi connectivity index (χ1n) is 6.10. The molecule has 8 nitrogen and oxygen atoms in total. The average molecular weight is 271 g/mol. The number of nitrogens with zero attached hydrogens (tertiary/aromatic N) is 2. The Morgan fingerprint density at radius 2 is 2.11 bits per heavy atom. The summed E-state index contributed by atoms with van der Waals surface area (Å²) in [6, 6.07) is -1.10. The van der Waals surface area contributed by atoms with Gasteiger partial charge in [-0.15, -0.1) is 0 Å². The first-order valence-corrected chi connectivity index (χ1v) is 6.10. The number of nitrogens with two attached hydrogens (primary N) is 1. The topological polar surface area (TPSA) is 124 Å². The second-order valence-electron chi connectivity index (χ2n) is 5.09. The monoisotopic (exact) mass is 271 g/mol. The van der Waals surface area contributed by atoms with Crippen molar-refractivity contribution >= 4 is 17.9 Å². The summed E-state index contributed by atoms with van der Waals surface area (Å²) in [6.45, 7) is 1.79. The molecule has 2 fully saturated rings. The Morgan fingerprint density at radius 1 is 1.47 bits per heavy atom. The zero-order chi connectivity index (χ0) is 14.4. The molecule has 0 aliphatic carbocycles. The van der Waals surface area contributed by atoms with E-state index in [1.807, 2.05) is 0 Å². The molecule has 1 spiro atoms.